The smallest absolute Gasteiger partial charge is 0.279 e. The molecular formula is C13H11N3O3S2. The van der Waals surface area contributed by atoms with Crippen molar-refractivity contribution in [1.29, 1.82) is 0 Å². The van der Waals surface area contributed by atoms with Crippen molar-refractivity contribution >= 4 is 37.3 Å². The Hall–Kier alpha value is -2.03. The fourth-order valence-electron chi connectivity index (χ4n) is 1.79. The van der Waals surface area contributed by atoms with Gasteiger partial charge in [-0.05, 0) is 29.8 Å². The van der Waals surface area contributed by atoms with Gasteiger partial charge in [0.2, 0.25) is 0 Å². The Kier molecular flexibility index (Phi) is 3.58. The van der Waals surface area contributed by atoms with E-state index < -0.39 is 10.0 Å². The number of thiazole rings is 1. The number of hydrogen-bond donors (Lipinski definition) is 2. The van der Waals surface area contributed by atoms with Crippen LogP contribution in [0.1, 0.15) is 5.56 Å². The number of fused-ring (bicyclic) bond motifs is 1. The summed E-state index contributed by atoms with van der Waals surface area (Å²) >= 11 is 1.44. The Morgan fingerprint density at radius 2 is 2.05 bits per heavy atom. The number of nitrogens with zero attached hydrogens (tertiary/aromatic N) is 2. The molecule has 0 amide bonds. The predicted octanol–water partition coefficient (Wildman–Crippen LogP) is 1.98. The first-order chi connectivity index (χ1) is 10.1. The average molecular weight is 321 g/mol. The SMILES string of the molecule is O=S(=O)(Nc1ccc2ncsc2c1)c1ccc(CO)cn1. The second-order valence-electron chi connectivity index (χ2n) is 4.30. The highest BCUT2D eigenvalue weighted by Crippen LogP contribution is 2.23. The quantitative estimate of drug-likeness (QED) is 0.766. The van der Waals surface area contributed by atoms with Crippen molar-refractivity contribution in [2.75, 3.05) is 4.72 Å². The summed E-state index contributed by atoms with van der Waals surface area (Å²) in [5.41, 5.74) is 3.55. The van der Waals surface area contributed by atoms with Crippen molar-refractivity contribution in [3.05, 3.63) is 47.6 Å². The van der Waals surface area contributed by atoms with E-state index in [9.17, 15) is 8.42 Å². The molecule has 0 unspecified atom stereocenters. The molecule has 2 N–H and O–H groups in total. The predicted molar refractivity (Wildman–Crippen MR) is 80.6 cm³/mol. The Bertz CT molecular complexity index is 873. The zero-order chi connectivity index (χ0) is 14.9. The van der Waals surface area contributed by atoms with Crippen LogP contribution in [0.15, 0.2) is 47.1 Å². The second kappa shape index (κ2) is 5.40. The molecule has 0 atom stereocenters. The first-order valence-electron chi connectivity index (χ1n) is 6.00. The highest BCUT2D eigenvalue weighted by Gasteiger charge is 2.16. The molecule has 0 fully saturated rings. The minimum atomic E-state index is -3.75. The summed E-state index contributed by atoms with van der Waals surface area (Å²) in [6, 6.07) is 8.02. The molecule has 3 rings (SSSR count). The molecule has 0 saturated carbocycles. The third kappa shape index (κ3) is 2.87. The molecule has 0 saturated heterocycles. The monoisotopic (exact) mass is 321 g/mol. The van der Waals surface area contributed by atoms with Crippen LogP contribution in [0, 0.1) is 0 Å². The number of aromatic nitrogens is 2. The van der Waals surface area contributed by atoms with E-state index in [1.165, 1.54) is 29.7 Å². The summed E-state index contributed by atoms with van der Waals surface area (Å²) in [5.74, 6) is 0. The highest BCUT2D eigenvalue weighted by molar-refractivity contribution is 7.92. The topological polar surface area (TPSA) is 92.2 Å². The van der Waals surface area contributed by atoms with Crippen LogP contribution in [0.4, 0.5) is 5.69 Å². The molecule has 6 nitrogen and oxygen atoms in total. The van der Waals surface area contributed by atoms with Crippen molar-refractivity contribution in [2.24, 2.45) is 0 Å². The van der Waals surface area contributed by atoms with Crippen LogP contribution in [0.3, 0.4) is 0 Å². The van der Waals surface area contributed by atoms with Gasteiger partial charge < -0.3 is 5.11 Å². The maximum atomic E-state index is 12.2. The number of anilines is 1. The first-order valence-corrected chi connectivity index (χ1v) is 8.37. The van der Waals surface area contributed by atoms with Gasteiger partial charge in [-0.25, -0.2) is 9.97 Å². The molecule has 2 aromatic heterocycles. The Morgan fingerprint density at radius 3 is 2.76 bits per heavy atom. The molecule has 3 aromatic rings. The molecule has 0 bridgehead atoms. The number of pyridine rings is 1. The van der Waals surface area contributed by atoms with Gasteiger partial charge in [0.25, 0.3) is 10.0 Å². The van der Waals surface area contributed by atoms with Crippen LogP contribution in [-0.2, 0) is 16.6 Å². The van der Waals surface area contributed by atoms with E-state index >= 15 is 0 Å². The second-order valence-corrected chi connectivity index (χ2v) is 6.82. The first kappa shape index (κ1) is 13.9. The lowest BCUT2D eigenvalue weighted by Gasteiger charge is -2.07. The van der Waals surface area contributed by atoms with E-state index in [1.54, 1.807) is 23.7 Å². The maximum Gasteiger partial charge on any atom is 0.279 e. The van der Waals surface area contributed by atoms with Gasteiger partial charge in [0.15, 0.2) is 5.03 Å². The third-order valence-electron chi connectivity index (χ3n) is 2.84. The average Bonchev–Trinajstić information content (AvgIpc) is 2.94. The van der Waals surface area contributed by atoms with E-state index in [0.29, 0.717) is 11.3 Å². The lowest BCUT2D eigenvalue weighted by Crippen LogP contribution is -2.14. The summed E-state index contributed by atoms with van der Waals surface area (Å²) < 4.78 is 27.8. The van der Waals surface area contributed by atoms with E-state index in [2.05, 4.69) is 14.7 Å². The molecular weight excluding hydrogens is 310 g/mol. The molecule has 108 valence electrons. The number of nitrogens with one attached hydrogen (secondary N) is 1. The lowest BCUT2D eigenvalue weighted by molar-refractivity contribution is 0.281. The summed E-state index contributed by atoms with van der Waals surface area (Å²) in [4.78, 5) is 7.99. The van der Waals surface area contributed by atoms with E-state index in [1.807, 2.05) is 0 Å². The minimum Gasteiger partial charge on any atom is -0.392 e. The van der Waals surface area contributed by atoms with Crippen LogP contribution in [-0.4, -0.2) is 23.5 Å². The number of rotatable bonds is 4. The van der Waals surface area contributed by atoms with Crippen molar-refractivity contribution in [3.63, 3.8) is 0 Å². The molecule has 0 radical (unpaired) electrons. The van der Waals surface area contributed by atoms with E-state index in [4.69, 9.17) is 5.11 Å². The van der Waals surface area contributed by atoms with Gasteiger partial charge >= 0.3 is 0 Å². The van der Waals surface area contributed by atoms with Crippen molar-refractivity contribution in [1.82, 2.24) is 9.97 Å². The number of aliphatic hydroxyl groups is 1. The van der Waals surface area contributed by atoms with Gasteiger partial charge in [0.05, 0.1) is 28.0 Å². The minimum absolute atomic E-state index is 0.0934. The van der Waals surface area contributed by atoms with Crippen molar-refractivity contribution in [3.8, 4) is 0 Å². The molecule has 2 heterocycles. The van der Waals surface area contributed by atoms with Gasteiger partial charge in [0.1, 0.15) is 0 Å². The summed E-state index contributed by atoms with van der Waals surface area (Å²) in [6.45, 7) is -0.178. The molecule has 0 aliphatic rings. The standard InChI is InChI=1S/C13H11N3O3S2/c17-7-9-1-4-13(14-6-9)21(18,19)16-10-2-3-11-12(5-10)20-8-15-11/h1-6,8,16-17H,7H2. The third-order valence-corrected chi connectivity index (χ3v) is 4.93. The van der Waals surface area contributed by atoms with E-state index in [0.717, 1.165) is 10.2 Å². The van der Waals surface area contributed by atoms with Crippen LogP contribution >= 0.6 is 11.3 Å². The van der Waals surface area contributed by atoms with Crippen LogP contribution in [0.2, 0.25) is 0 Å². The molecule has 1 aromatic carbocycles. The van der Waals surface area contributed by atoms with Crippen LogP contribution in [0.5, 0.6) is 0 Å². The molecule has 0 aliphatic carbocycles. The maximum absolute atomic E-state index is 12.2. The zero-order valence-corrected chi connectivity index (χ0v) is 12.4. The number of hydrogen-bond acceptors (Lipinski definition) is 6. The fourth-order valence-corrected chi connectivity index (χ4v) is 3.49. The molecule has 8 heteroatoms. The summed E-state index contributed by atoms with van der Waals surface area (Å²) in [5, 5.41) is 8.84. The molecule has 0 spiro atoms. The van der Waals surface area contributed by atoms with Gasteiger partial charge in [0, 0.05) is 6.20 Å². The Morgan fingerprint density at radius 1 is 1.19 bits per heavy atom. The lowest BCUT2D eigenvalue weighted by atomic mass is 10.3. The van der Waals surface area contributed by atoms with Crippen molar-refractivity contribution < 1.29 is 13.5 Å². The number of sulfonamides is 1. The van der Waals surface area contributed by atoms with Crippen LogP contribution in [0.25, 0.3) is 10.2 Å². The van der Waals surface area contributed by atoms with Gasteiger partial charge in [-0.15, -0.1) is 11.3 Å². The number of benzene rings is 1. The Labute approximate surface area is 125 Å². The van der Waals surface area contributed by atoms with Gasteiger partial charge in [-0.3, -0.25) is 4.72 Å². The van der Waals surface area contributed by atoms with Crippen molar-refractivity contribution in [2.45, 2.75) is 11.6 Å². The summed E-state index contributed by atoms with van der Waals surface area (Å²) in [6.07, 6.45) is 1.33. The molecule has 0 aliphatic heterocycles. The summed E-state index contributed by atoms with van der Waals surface area (Å²) in [7, 11) is -3.75. The van der Waals surface area contributed by atoms with Gasteiger partial charge in [-0.1, -0.05) is 6.07 Å². The van der Waals surface area contributed by atoms with E-state index in [-0.39, 0.29) is 11.6 Å². The number of aliphatic hydroxyl groups excluding tert-OH is 1. The zero-order valence-electron chi connectivity index (χ0n) is 10.7. The highest BCUT2D eigenvalue weighted by atomic mass is 32.2. The van der Waals surface area contributed by atoms with Crippen LogP contribution < -0.4 is 4.72 Å². The largest absolute Gasteiger partial charge is 0.392 e. The molecule has 21 heavy (non-hydrogen) atoms. The fraction of sp³-hybridized carbons (Fsp3) is 0.0769. The normalized spacial score (nSPS) is 11.7. The Balaban J connectivity index is 1.90. The van der Waals surface area contributed by atoms with Gasteiger partial charge in [-0.2, -0.15) is 8.42 Å².